The average Bonchev–Trinajstić information content (AvgIpc) is 3.20. The molecule has 1 aliphatic rings. The number of nitrogens with zero attached hydrogens (tertiary/aromatic N) is 3. The monoisotopic (exact) mass is 406 g/mol. The fourth-order valence-electron chi connectivity index (χ4n) is 3.28. The van der Waals surface area contributed by atoms with Crippen molar-refractivity contribution in [3.63, 3.8) is 0 Å². The summed E-state index contributed by atoms with van der Waals surface area (Å²) in [6.07, 6.45) is 5.20. The SMILES string of the molecule is CCOC(=O)c1c(NC(=O)CCn2cc([N+](=O)[O-])c(C)n2)sc2c1CCCC2. The first-order chi connectivity index (χ1) is 13.4. The Morgan fingerprint density at radius 2 is 2.14 bits per heavy atom. The van der Waals surface area contributed by atoms with Crippen molar-refractivity contribution in [3.8, 4) is 0 Å². The Balaban J connectivity index is 1.71. The van der Waals surface area contributed by atoms with E-state index in [1.165, 1.54) is 22.2 Å². The van der Waals surface area contributed by atoms with Gasteiger partial charge in [-0.2, -0.15) is 5.10 Å². The van der Waals surface area contributed by atoms with Crippen LogP contribution in [0.15, 0.2) is 6.20 Å². The van der Waals surface area contributed by atoms with Crippen molar-refractivity contribution >= 4 is 33.9 Å². The first kappa shape index (κ1) is 20.0. The minimum atomic E-state index is -0.499. The molecular weight excluding hydrogens is 384 g/mol. The standard InChI is InChI=1S/C18H22N4O5S/c1-3-27-18(24)16-12-6-4-5-7-14(12)28-17(16)19-15(23)8-9-21-10-13(22(25)26)11(2)20-21/h10H,3-9H2,1-2H3,(H,19,23). The first-order valence-corrected chi connectivity index (χ1v) is 10.0. The van der Waals surface area contributed by atoms with Gasteiger partial charge < -0.3 is 10.1 Å². The molecule has 0 bridgehead atoms. The highest BCUT2D eigenvalue weighted by molar-refractivity contribution is 7.17. The average molecular weight is 406 g/mol. The van der Waals surface area contributed by atoms with Crippen LogP contribution in [0.25, 0.3) is 0 Å². The third-order valence-electron chi connectivity index (χ3n) is 4.59. The molecule has 0 radical (unpaired) electrons. The fourth-order valence-corrected chi connectivity index (χ4v) is 4.57. The van der Waals surface area contributed by atoms with Gasteiger partial charge >= 0.3 is 11.7 Å². The second kappa shape index (κ2) is 8.51. The van der Waals surface area contributed by atoms with Gasteiger partial charge in [0, 0.05) is 17.8 Å². The number of aromatic nitrogens is 2. The lowest BCUT2D eigenvalue weighted by atomic mass is 9.95. The van der Waals surface area contributed by atoms with Gasteiger partial charge in [-0.05, 0) is 45.1 Å². The van der Waals surface area contributed by atoms with E-state index in [1.807, 2.05) is 0 Å². The fraction of sp³-hybridized carbons (Fsp3) is 0.500. The summed E-state index contributed by atoms with van der Waals surface area (Å²) in [5, 5.41) is 18.3. The molecule has 150 valence electrons. The zero-order valence-corrected chi connectivity index (χ0v) is 16.6. The van der Waals surface area contributed by atoms with Crippen LogP contribution in [0.1, 0.15) is 52.7 Å². The lowest BCUT2D eigenvalue weighted by Crippen LogP contribution is -2.17. The Labute approximate surface area is 165 Å². The van der Waals surface area contributed by atoms with Crippen molar-refractivity contribution < 1.29 is 19.2 Å². The van der Waals surface area contributed by atoms with Crippen LogP contribution in [-0.2, 0) is 28.9 Å². The Hall–Kier alpha value is -2.75. The quantitative estimate of drug-likeness (QED) is 0.429. The van der Waals surface area contributed by atoms with E-state index in [2.05, 4.69) is 10.4 Å². The molecule has 2 aromatic heterocycles. The predicted molar refractivity (Wildman–Crippen MR) is 104 cm³/mol. The zero-order chi connectivity index (χ0) is 20.3. The summed E-state index contributed by atoms with van der Waals surface area (Å²) in [5.41, 5.74) is 1.70. The van der Waals surface area contributed by atoms with Crippen molar-refractivity contribution in [2.45, 2.75) is 52.5 Å². The summed E-state index contributed by atoms with van der Waals surface area (Å²) in [5.74, 6) is -0.685. The van der Waals surface area contributed by atoms with Crippen LogP contribution in [-0.4, -0.2) is 33.2 Å². The van der Waals surface area contributed by atoms with Gasteiger partial charge in [-0.15, -0.1) is 11.3 Å². The van der Waals surface area contributed by atoms with E-state index in [9.17, 15) is 19.7 Å². The van der Waals surface area contributed by atoms with Crippen LogP contribution in [0.2, 0.25) is 0 Å². The highest BCUT2D eigenvalue weighted by atomic mass is 32.1. The van der Waals surface area contributed by atoms with E-state index >= 15 is 0 Å². The van der Waals surface area contributed by atoms with E-state index in [0.717, 1.165) is 36.1 Å². The van der Waals surface area contributed by atoms with Crippen molar-refractivity contribution in [2.75, 3.05) is 11.9 Å². The molecule has 0 unspecified atom stereocenters. The molecule has 0 atom stereocenters. The molecule has 0 saturated heterocycles. The number of hydrogen-bond acceptors (Lipinski definition) is 7. The minimum absolute atomic E-state index is 0.0732. The van der Waals surface area contributed by atoms with Gasteiger partial charge in [0.2, 0.25) is 5.91 Å². The van der Waals surface area contributed by atoms with Crippen molar-refractivity contribution in [1.82, 2.24) is 9.78 Å². The minimum Gasteiger partial charge on any atom is -0.462 e. The second-order valence-electron chi connectivity index (χ2n) is 6.55. The van der Waals surface area contributed by atoms with Gasteiger partial charge in [-0.25, -0.2) is 4.79 Å². The van der Waals surface area contributed by atoms with Crippen molar-refractivity contribution in [2.24, 2.45) is 0 Å². The lowest BCUT2D eigenvalue weighted by Gasteiger charge is -2.12. The second-order valence-corrected chi connectivity index (χ2v) is 7.66. The maximum absolute atomic E-state index is 12.4. The number of nitro groups is 1. The van der Waals surface area contributed by atoms with E-state index < -0.39 is 10.9 Å². The molecule has 1 amide bonds. The van der Waals surface area contributed by atoms with Crippen molar-refractivity contribution in [3.05, 3.63) is 38.0 Å². The number of esters is 1. The summed E-state index contributed by atoms with van der Waals surface area (Å²) in [4.78, 5) is 36.4. The highest BCUT2D eigenvalue weighted by Crippen LogP contribution is 2.38. The summed E-state index contributed by atoms with van der Waals surface area (Å²) in [6.45, 7) is 3.78. The summed E-state index contributed by atoms with van der Waals surface area (Å²) in [7, 11) is 0. The van der Waals surface area contributed by atoms with E-state index in [-0.39, 0.29) is 31.2 Å². The Morgan fingerprint density at radius 3 is 2.82 bits per heavy atom. The molecule has 0 aromatic carbocycles. The normalized spacial score (nSPS) is 13.1. The third-order valence-corrected chi connectivity index (χ3v) is 5.80. The number of nitrogens with one attached hydrogen (secondary N) is 1. The summed E-state index contributed by atoms with van der Waals surface area (Å²) >= 11 is 1.43. The number of ether oxygens (including phenoxy) is 1. The molecule has 0 spiro atoms. The van der Waals surface area contributed by atoms with Crippen LogP contribution in [0, 0.1) is 17.0 Å². The first-order valence-electron chi connectivity index (χ1n) is 9.20. The molecule has 10 heteroatoms. The van der Waals surface area contributed by atoms with E-state index in [0.29, 0.717) is 16.3 Å². The van der Waals surface area contributed by atoms with Gasteiger partial charge in [0.25, 0.3) is 0 Å². The van der Waals surface area contributed by atoms with Gasteiger partial charge in [-0.3, -0.25) is 19.6 Å². The molecule has 1 aliphatic carbocycles. The highest BCUT2D eigenvalue weighted by Gasteiger charge is 2.27. The Morgan fingerprint density at radius 1 is 1.39 bits per heavy atom. The zero-order valence-electron chi connectivity index (χ0n) is 15.8. The maximum atomic E-state index is 12.4. The summed E-state index contributed by atoms with van der Waals surface area (Å²) < 4.78 is 6.57. The molecule has 9 nitrogen and oxygen atoms in total. The maximum Gasteiger partial charge on any atom is 0.341 e. The van der Waals surface area contributed by atoms with E-state index in [1.54, 1.807) is 13.8 Å². The Kier molecular flexibility index (Phi) is 6.08. The molecule has 0 aliphatic heterocycles. The van der Waals surface area contributed by atoms with Crippen LogP contribution in [0.4, 0.5) is 10.7 Å². The molecule has 3 rings (SSSR count). The lowest BCUT2D eigenvalue weighted by molar-refractivity contribution is -0.385. The number of carbonyl (C=O) groups excluding carboxylic acids is 2. The number of amides is 1. The molecule has 2 heterocycles. The third kappa shape index (κ3) is 4.22. The number of rotatable bonds is 7. The Bertz CT molecular complexity index is 917. The molecule has 28 heavy (non-hydrogen) atoms. The van der Waals surface area contributed by atoms with Crippen LogP contribution >= 0.6 is 11.3 Å². The van der Waals surface area contributed by atoms with Gasteiger partial charge in [0.1, 0.15) is 16.9 Å². The predicted octanol–water partition coefficient (Wildman–Crippen LogP) is 3.25. The van der Waals surface area contributed by atoms with Crippen LogP contribution < -0.4 is 5.32 Å². The van der Waals surface area contributed by atoms with Gasteiger partial charge in [0.05, 0.1) is 17.1 Å². The van der Waals surface area contributed by atoms with Gasteiger partial charge in [0.15, 0.2) is 0 Å². The van der Waals surface area contributed by atoms with Crippen LogP contribution in [0.3, 0.4) is 0 Å². The number of anilines is 1. The molecule has 2 aromatic rings. The number of carbonyl (C=O) groups is 2. The number of hydrogen-bond donors (Lipinski definition) is 1. The van der Waals surface area contributed by atoms with E-state index in [4.69, 9.17) is 4.74 Å². The van der Waals surface area contributed by atoms with Gasteiger partial charge in [-0.1, -0.05) is 0 Å². The number of aryl methyl sites for hydroxylation is 3. The topological polar surface area (TPSA) is 116 Å². The smallest absolute Gasteiger partial charge is 0.341 e. The molecular formula is C18H22N4O5S. The molecule has 0 fully saturated rings. The number of thiophene rings is 1. The van der Waals surface area contributed by atoms with Crippen molar-refractivity contribution in [1.29, 1.82) is 0 Å². The summed E-state index contributed by atoms with van der Waals surface area (Å²) in [6, 6.07) is 0. The van der Waals surface area contributed by atoms with Crippen LogP contribution in [0.5, 0.6) is 0 Å². The number of fused-ring (bicyclic) bond motifs is 1. The largest absolute Gasteiger partial charge is 0.462 e. The molecule has 1 N–H and O–H groups in total. The molecule has 0 saturated carbocycles.